The average molecular weight is 288 g/mol. The standard InChI is InChI=1S/C17H24N2O2/c1-17(12-18-13-17)21-11-16(20)19-9-5-8-15(19)10-14-6-3-2-4-7-14/h2-4,6-7,15,18H,5,8-13H2,1H3. The van der Waals surface area contributed by atoms with Gasteiger partial charge in [0.05, 0.1) is 5.60 Å². The van der Waals surface area contributed by atoms with Gasteiger partial charge in [0.25, 0.3) is 0 Å². The number of hydrogen-bond acceptors (Lipinski definition) is 3. The Bertz CT molecular complexity index is 485. The molecule has 2 aliphatic rings. The molecule has 2 aliphatic heterocycles. The summed E-state index contributed by atoms with van der Waals surface area (Å²) in [5.74, 6) is 0.140. The molecular weight excluding hydrogens is 264 g/mol. The predicted octanol–water partition coefficient (Wildman–Crippen LogP) is 1.60. The normalized spacial score (nSPS) is 23.9. The van der Waals surface area contributed by atoms with E-state index >= 15 is 0 Å². The zero-order valence-electron chi connectivity index (χ0n) is 12.7. The van der Waals surface area contributed by atoms with Crippen LogP contribution in [0.15, 0.2) is 30.3 Å². The lowest BCUT2D eigenvalue weighted by molar-refractivity contribution is -0.146. The highest BCUT2D eigenvalue weighted by Gasteiger charge is 2.35. The van der Waals surface area contributed by atoms with E-state index in [0.717, 1.165) is 38.9 Å². The summed E-state index contributed by atoms with van der Waals surface area (Å²) in [6.45, 7) is 4.82. The molecule has 1 atom stereocenters. The number of carbonyl (C=O) groups excluding carboxylic acids is 1. The smallest absolute Gasteiger partial charge is 0.248 e. The van der Waals surface area contributed by atoms with Crippen LogP contribution in [0.4, 0.5) is 0 Å². The molecule has 0 aliphatic carbocycles. The molecule has 2 heterocycles. The number of hydrogen-bond donors (Lipinski definition) is 1. The topological polar surface area (TPSA) is 41.6 Å². The fraction of sp³-hybridized carbons (Fsp3) is 0.588. The number of ether oxygens (including phenoxy) is 1. The van der Waals surface area contributed by atoms with Gasteiger partial charge in [0, 0.05) is 25.7 Å². The Morgan fingerprint density at radius 2 is 2.14 bits per heavy atom. The highest BCUT2D eigenvalue weighted by molar-refractivity contribution is 5.78. The Morgan fingerprint density at radius 1 is 1.38 bits per heavy atom. The molecule has 0 saturated carbocycles. The van der Waals surface area contributed by atoms with Gasteiger partial charge in [-0.05, 0) is 31.7 Å². The van der Waals surface area contributed by atoms with Gasteiger partial charge in [0.15, 0.2) is 0 Å². The molecule has 1 amide bonds. The molecule has 0 spiro atoms. The molecule has 0 aromatic heterocycles. The minimum atomic E-state index is -0.149. The SMILES string of the molecule is CC1(OCC(=O)N2CCCC2Cc2ccccc2)CNC1. The summed E-state index contributed by atoms with van der Waals surface area (Å²) in [5, 5.41) is 3.19. The number of amides is 1. The summed E-state index contributed by atoms with van der Waals surface area (Å²) >= 11 is 0. The maximum Gasteiger partial charge on any atom is 0.248 e. The molecule has 0 radical (unpaired) electrons. The molecule has 1 aromatic carbocycles. The molecule has 2 fully saturated rings. The van der Waals surface area contributed by atoms with Gasteiger partial charge in [-0.1, -0.05) is 30.3 Å². The van der Waals surface area contributed by atoms with Crippen molar-refractivity contribution < 1.29 is 9.53 Å². The first kappa shape index (κ1) is 14.5. The van der Waals surface area contributed by atoms with E-state index < -0.39 is 0 Å². The van der Waals surface area contributed by atoms with Crippen LogP contribution in [-0.4, -0.2) is 48.7 Å². The molecule has 4 heteroatoms. The number of benzene rings is 1. The third-order valence-electron chi connectivity index (χ3n) is 4.55. The molecule has 114 valence electrons. The second kappa shape index (κ2) is 6.16. The van der Waals surface area contributed by atoms with E-state index in [0.29, 0.717) is 6.04 Å². The lowest BCUT2D eigenvalue weighted by Crippen LogP contribution is -2.59. The van der Waals surface area contributed by atoms with Crippen LogP contribution in [0.5, 0.6) is 0 Å². The van der Waals surface area contributed by atoms with E-state index in [2.05, 4.69) is 36.5 Å². The summed E-state index contributed by atoms with van der Waals surface area (Å²) in [5.41, 5.74) is 1.16. The largest absolute Gasteiger partial charge is 0.363 e. The molecular formula is C17H24N2O2. The van der Waals surface area contributed by atoms with E-state index in [9.17, 15) is 4.79 Å². The van der Waals surface area contributed by atoms with Crippen LogP contribution in [0.2, 0.25) is 0 Å². The Hall–Kier alpha value is -1.39. The van der Waals surface area contributed by atoms with Crippen molar-refractivity contribution >= 4 is 5.91 Å². The molecule has 1 unspecified atom stereocenters. The van der Waals surface area contributed by atoms with Gasteiger partial charge >= 0.3 is 0 Å². The molecule has 1 N–H and O–H groups in total. The number of rotatable bonds is 5. The van der Waals surface area contributed by atoms with Gasteiger partial charge in [0.1, 0.15) is 6.61 Å². The zero-order chi connectivity index (χ0) is 14.7. The quantitative estimate of drug-likeness (QED) is 0.895. The van der Waals surface area contributed by atoms with Gasteiger partial charge in [-0.15, -0.1) is 0 Å². The third kappa shape index (κ3) is 3.44. The highest BCUT2D eigenvalue weighted by Crippen LogP contribution is 2.22. The summed E-state index contributed by atoms with van der Waals surface area (Å²) in [6.07, 6.45) is 3.15. The van der Waals surface area contributed by atoms with Gasteiger partial charge in [-0.25, -0.2) is 0 Å². The molecule has 21 heavy (non-hydrogen) atoms. The first-order chi connectivity index (χ1) is 10.2. The first-order valence-electron chi connectivity index (χ1n) is 7.84. The Balaban J connectivity index is 1.54. The van der Waals surface area contributed by atoms with Crippen LogP contribution in [0.25, 0.3) is 0 Å². The molecule has 3 rings (SSSR count). The second-order valence-electron chi connectivity index (χ2n) is 6.42. The summed E-state index contributed by atoms with van der Waals surface area (Å²) < 4.78 is 5.78. The van der Waals surface area contributed by atoms with Crippen LogP contribution in [-0.2, 0) is 16.0 Å². The summed E-state index contributed by atoms with van der Waals surface area (Å²) in [7, 11) is 0. The van der Waals surface area contributed by atoms with Crippen molar-refractivity contribution in [1.82, 2.24) is 10.2 Å². The number of nitrogens with zero attached hydrogens (tertiary/aromatic N) is 1. The van der Waals surface area contributed by atoms with Crippen molar-refractivity contribution in [2.75, 3.05) is 26.2 Å². The Labute approximate surface area is 126 Å². The van der Waals surface area contributed by atoms with Crippen LogP contribution in [0, 0.1) is 0 Å². The zero-order valence-corrected chi connectivity index (χ0v) is 12.7. The Morgan fingerprint density at radius 3 is 2.81 bits per heavy atom. The van der Waals surface area contributed by atoms with E-state index in [1.807, 2.05) is 11.0 Å². The average Bonchev–Trinajstić information content (AvgIpc) is 2.92. The van der Waals surface area contributed by atoms with Crippen molar-refractivity contribution in [2.24, 2.45) is 0 Å². The van der Waals surface area contributed by atoms with E-state index in [4.69, 9.17) is 4.74 Å². The lowest BCUT2D eigenvalue weighted by Gasteiger charge is -2.39. The van der Waals surface area contributed by atoms with Gasteiger partial charge in [-0.2, -0.15) is 0 Å². The van der Waals surface area contributed by atoms with Crippen LogP contribution >= 0.6 is 0 Å². The number of nitrogens with one attached hydrogen (secondary N) is 1. The molecule has 4 nitrogen and oxygen atoms in total. The fourth-order valence-corrected chi connectivity index (χ4v) is 3.16. The van der Waals surface area contributed by atoms with Crippen LogP contribution < -0.4 is 5.32 Å². The van der Waals surface area contributed by atoms with Crippen molar-refractivity contribution in [3.63, 3.8) is 0 Å². The first-order valence-corrected chi connectivity index (χ1v) is 7.84. The van der Waals surface area contributed by atoms with Crippen LogP contribution in [0.1, 0.15) is 25.3 Å². The maximum atomic E-state index is 12.4. The minimum Gasteiger partial charge on any atom is -0.363 e. The number of likely N-dealkylation sites (tertiary alicyclic amines) is 1. The summed E-state index contributed by atoms with van der Waals surface area (Å²) in [4.78, 5) is 14.4. The van der Waals surface area contributed by atoms with Crippen LogP contribution in [0.3, 0.4) is 0 Å². The van der Waals surface area contributed by atoms with Crippen molar-refractivity contribution in [2.45, 2.75) is 37.8 Å². The summed E-state index contributed by atoms with van der Waals surface area (Å²) in [6, 6.07) is 10.8. The van der Waals surface area contributed by atoms with E-state index in [1.165, 1.54) is 5.56 Å². The molecule has 1 aromatic rings. The second-order valence-corrected chi connectivity index (χ2v) is 6.42. The lowest BCUT2D eigenvalue weighted by atomic mass is 10.0. The van der Waals surface area contributed by atoms with Crippen molar-refractivity contribution in [3.05, 3.63) is 35.9 Å². The highest BCUT2D eigenvalue weighted by atomic mass is 16.5. The third-order valence-corrected chi connectivity index (χ3v) is 4.55. The van der Waals surface area contributed by atoms with Gasteiger partial charge in [0.2, 0.25) is 5.91 Å². The van der Waals surface area contributed by atoms with Gasteiger partial charge in [-0.3, -0.25) is 4.79 Å². The Kier molecular flexibility index (Phi) is 4.27. The molecule has 0 bridgehead atoms. The molecule has 2 saturated heterocycles. The van der Waals surface area contributed by atoms with E-state index in [-0.39, 0.29) is 18.1 Å². The monoisotopic (exact) mass is 288 g/mol. The predicted molar refractivity (Wildman–Crippen MR) is 82.1 cm³/mol. The maximum absolute atomic E-state index is 12.4. The van der Waals surface area contributed by atoms with Gasteiger partial charge < -0.3 is 15.0 Å². The van der Waals surface area contributed by atoms with Crippen molar-refractivity contribution in [3.8, 4) is 0 Å². The fourth-order valence-electron chi connectivity index (χ4n) is 3.16. The minimum absolute atomic E-state index is 0.140. The number of carbonyl (C=O) groups is 1. The van der Waals surface area contributed by atoms with E-state index in [1.54, 1.807) is 0 Å². The van der Waals surface area contributed by atoms with Crippen molar-refractivity contribution in [1.29, 1.82) is 0 Å².